The molecule has 1 amide bonds. The normalized spacial score (nSPS) is 14.0. The second kappa shape index (κ2) is 6.55. The van der Waals surface area contributed by atoms with Gasteiger partial charge in [-0.1, -0.05) is 38.8 Å². The highest BCUT2D eigenvalue weighted by Gasteiger charge is 2.26. The fourth-order valence-electron chi connectivity index (χ4n) is 1.95. The van der Waals surface area contributed by atoms with Gasteiger partial charge < -0.3 is 11.1 Å². The Morgan fingerprint density at radius 2 is 1.83 bits per heavy atom. The summed E-state index contributed by atoms with van der Waals surface area (Å²) in [4.78, 5) is 12.0. The second-order valence-electron chi connectivity index (χ2n) is 5.07. The van der Waals surface area contributed by atoms with Crippen LogP contribution in [0.3, 0.4) is 0 Å². The molecule has 0 aliphatic rings. The molecule has 0 spiro atoms. The zero-order valence-corrected chi connectivity index (χ0v) is 11.6. The fourth-order valence-corrected chi connectivity index (χ4v) is 1.95. The zero-order valence-electron chi connectivity index (χ0n) is 11.6. The first-order valence-corrected chi connectivity index (χ1v) is 6.69. The summed E-state index contributed by atoms with van der Waals surface area (Å²) >= 11 is 0. The van der Waals surface area contributed by atoms with Crippen LogP contribution in [0.1, 0.15) is 45.6 Å². The molecule has 3 nitrogen and oxygen atoms in total. The number of hydrogen-bond acceptors (Lipinski definition) is 2. The van der Waals surface area contributed by atoms with Crippen LogP contribution in [-0.2, 0) is 11.2 Å². The van der Waals surface area contributed by atoms with Crippen LogP contribution in [0.25, 0.3) is 0 Å². The third kappa shape index (κ3) is 4.15. The molecule has 1 unspecified atom stereocenters. The third-order valence-electron chi connectivity index (χ3n) is 3.04. The number of amides is 1. The molecule has 3 N–H and O–H groups in total. The highest BCUT2D eigenvalue weighted by atomic mass is 16.2. The fraction of sp³-hybridized carbons (Fsp3) is 0.533. The van der Waals surface area contributed by atoms with Crippen molar-refractivity contribution in [3.8, 4) is 0 Å². The quantitative estimate of drug-likeness (QED) is 0.812. The molecule has 1 aromatic carbocycles. The van der Waals surface area contributed by atoms with Crippen LogP contribution in [0.4, 0.5) is 5.69 Å². The Morgan fingerprint density at radius 1 is 1.22 bits per heavy atom. The lowest BCUT2D eigenvalue weighted by atomic mass is 9.96. The maximum Gasteiger partial charge on any atom is 0.244 e. The highest BCUT2D eigenvalue weighted by Crippen LogP contribution is 2.15. The summed E-state index contributed by atoms with van der Waals surface area (Å²) in [5.74, 6) is -0.118. The molecule has 0 fully saturated rings. The first-order chi connectivity index (χ1) is 8.49. The molecule has 1 rings (SSSR count). The molecular weight excluding hydrogens is 224 g/mol. The van der Waals surface area contributed by atoms with E-state index in [4.69, 9.17) is 5.73 Å². The van der Waals surface area contributed by atoms with E-state index in [0.29, 0.717) is 6.42 Å². The van der Waals surface area contributed by atoms with E-state index < -0.39 is 5.54 Å². The zero-order chi connectivity index (χ0) is 13.6. The van der Waals surface area contributed by atoms with Crippen LogP contribution in [0, 0.1) is 0 Å². The smallest absolute Gasteiger partial charge is 0.244 e. The molecule has 100 valence electrons. The van der Waals surface area contributed by atoms with Crippen molar-refractivity contribution in [2.24, 2.45) is 5.73 Å². The highest BCUT2D eigenvalue weighted by molar-refractivity contribution is 5.97. The van der Waals surface area contributed by atoms with E-state index in [0.717, 1.165) is 24.9 Å². The van der Waals surface area contributed by atoms with Gasteiger partial charge in [0.1, 0.15) is 0 Å². The number of nitrogens with one attached hydrogen (secondary N) is 1. The first kappa shape index (κ1) is 14.7. The minimum Gasteiger partial charge on any atom is -0.325 e. The molecule has 0 aromatic heterocycles. The average molecular weight is 248 g/mol. The molecular formula is C15H24N2O. The maximum absolute atomic E-state index is 12.0. The number of hydrogen-bond donors (Lipinski definition) is 2. The Kier molecular flexibility index (Phi) is 5.35. The van der Waals surface area contributed by atoms with Crippen molar-refractivity contribution in [1.29, 1.82) is 0 Å². The molecule has 0 aliphatic carbocycles. The second-order valence-corrected chi connectivity index (χ2v) is 5.07. The Hall–Kier alpha value is -1.35. The number of rotatable bonds is 6. The van der Waals surface area contributed by atoms with Gasteiger partial charge in [0.05, 0.1) is 5.54 Å². The molecule has 1 aromatic rings. The largest absolute Gasteiger partial charge is 0.325 e. The van der Waals surface area contributed by atoms with Crippen molar-refractivity contribution >= 4 is 11.6 Å². The monoisotopic (exact) mass is 248 g/mol. The molecule has 3 heteroatoms. The van der Waals surface area contributed by atoms with E-state index >= 15 is 0 Å². The SMILES string of the molecule is CCCc1ccc(NC(=O)C(C)(N)CCC)cc1. The molecule has 1 atom stereocenters. The molecule has 0 aliphatic heterocycles. The lowest BCUT2D eigenvalue weighted by Gasteiger charge is -2.22. The van der Waals surface area contributed by atoms with E-state index in [9.17, 15) is 4.79 Å². The van der Waals surface area contributed by atoms with Crippen LogP contribution < -0.4 is 11.1 Å². The molecule has 0 heterocycles. The van der Waals surface area contributed by atoms with Gasteiger partial charge in [0.2, 0.25) is 5.91 Å². The van der Waals surface area contributed by atoms with Crippen LogP contribution in [-0.4, -0.2) is 11.4 Å². The average Bonchev–Trinajstić information content (AvgIpc) is 2.32. The Morgan fingerprint density at radius 3 is 2.33 bits per heavy atom. The molecule has 0 saturated heterocycles. The van der Waals surface area contributed by atoms with Crippen molar-refractivity contribution in [2.45, 2.75) is 52.0 Å². The standard InChI is InChI=1S/C15H24N2O/c1-4-6-12-7-9-13(10-8-12)17-14(18)15(3,16)11-5-2/h7-10H,4-6,11,16H2,1-3H3,(H,17,18). The Bertz CT molecular complexity index is 382. The maximum atomic E-state index is 12.0. The van der Waals surface area contributed by atoms with Gasteiger partial charge in [-0.2, -0.15) is 0 Å². The Labute approximate surface area is 110 Å². The van der Waals surface area contributed by atoms with Gasteiger partial charge in [0.25, 0.3) is 0 Å². The van der Waals surface area contributed by atoms with Gasteiger partial charge in [-0.3, -0.25) is 4.79 Å². The topological polar surface area (TPSA) is 55.1 Å². The molecule has 18 heavy (non-hydrogen) atoms. The number of benzene rings is 1. The van der Waals surface area contributed by atoms with Gasteiger partial charge >= 0.3 is 0 Å². The van der Waals surface area contributed by atoms with E-state index in [2.05, 4.69) is 12.2 Å². The van der Waals surface area contributed by atoms with Crippen LogP contribution in [0.2, 0.25) is 0 Å². The predicted molar refractivity (Wildman–Crippen MR) is 76.6 cm³/mol. The lowest BCUT2D eigenvalue weighted by molar-refractivity contribution is -0.120. The number of nitrogens with two attached hydrogens (primary N) is 1. The van der Waals surface area contributed by atoms with Gasteiger partial charge in [-0.15, -0.1) is 0 Å². The van der Waals surface area contributed by atoms with Gasteiger partial charge in [0.15, 0.2) is 0 Å². The summed E-state index contributed by atoms with van der Waals surface area (Å²) in [7, 11) is 0. The lowest BCUT2D eigenvalue weighted by Crippen LogP contribution is -2.48. The van der Waals surface area contributed by atoms with Gasteiger partial charge in [-0.25, -0.2) is 0 Å². The minimum atomic E-state index is -0.795. The van der Waals surface area contributed by atoms with Crippen molar-refractivity contribution < 1.29 is 4.79 Å². The van der Waals surface area contributed by atoms with E-state index in [1.165, 1.54) is 5.56 Å². The first-order valence-electron chi connectivity index (χ1n) is 6.69. The van der Waals surface area contributed by atoms with E-state index in [1.54, 1.807) is 6.92 Å². The van der Waals surface area contributed by atoms with Crippen molar-refractivity contribution in [2.75, 3.05) is 5.32 Å². The molecule has 0 bridgehead atoms. The predicted octanol–water partition coefficient (Wildman–Crippen LogP) is 3.10. The minimum absolute atomic E-state index is 0.118. The van der Waals surface area contributed by atoms with Crippen LogP contribution in [0.5, 0.6) is 0 Å². The summed E-state index contributed by atoms with van der Waals surface area (Å²) in [6.07, 6.45) is 3.78. The number of carbonyl (C=O) groups is 1. The van der Waals surface area contributed by atoms with E-state index in [-0.39, 0.29) is 5.91 Å². The number of aryl methyl sites for hydroxylation is 1. The van der Waals surface area contributed by atoms with Gasteiger partial charge in [0, 0.05) is 5.69 Å². The van der Waals surface area contributed by atoms with Crippen molar-refractivity contribution in [1.82, 2.24) is 0 Å². The van der Waals surface area contributed by atoms with Crippen LogP contribution in [0.15, 0.2) is 24.3 Å². The Balaban J connectivity index is 2.64. The van der Waals surface area contributed by atoms with Crippen LogP contribution >= 0.6 is 0 Å². The number of anilines is 1. The summed E-state index contributed by atoms with van der Waals surface area (Å²) in [6.45, 7) is 5.95. The summed E-state index contributed by atoms with van der Waals surface area (Å²) in [5.41, 5.74) is 7.29. The van der Waals surface area contributed by atoms with Crippen molar-refractivity contribution in [3.05, 3.63) is 29.8 Å². The third-order valence-corrected chi connectivity index (χ3v) is 3.04. The summed E-state index contributed by atoms with van der Waals surface area (Å²) in [5, 5.41) is 2.87. The summed E-state index contributed by atoms with van der Waals surface area (Å²) < 4.78 is 0. The van der Waals surface area contributed by atoms with E-state index in [1.807, 2.05) is 31.2 Å². The molecule has 0 saturated carbocycles. The summed E-state index contributed by atoms with van der Waals surface area (Å²) in [6, 6.07) is 7.97. The molecule has 0 radical (unpaired) electrons. The number of carbonyl (C=O) groups excluding carboxylic acids is 1. The van der Waals surface area contributed by atoms with Crippen molar-refractivity contribution in [3.63, 3.8) is 0 Å². The van der Waals surface area contributed by atoms with Gasteiger partial charge in [-0.05, 0) is 37.5 Å².